The summed E-state index contributed by atoms with van der Waals surface area (Å²) in [6.07, 6.45) is 0. The summed E-state index contributed by atoms with van der Waals surface area (Å²) in [6.45, 7) is 3.49. The van der Waals surface area contributed by atoms with Gasteiger partial charge < -0.3 is 9.30 Å². The Morgan fingerprint density at radius 3 is 2.75 bits per heavy atom. The van der Waals surface area contributed by atoms with Crippen LogP contribution in [0.3, 0.4) is 0 Å². The smallest absolute Gasteiger partial charge is 0.328 e. The third-order valence-corrected chi connectivity index (χ3v) is 3.35. The van der Waals surface area contributed by atoms with Gasteiger partial charge in [0.25, 0.3) is 0 Å². The molecule has 0 aliphatic rings. The summed E-state index contributed by atoms with van der Waals surface area (Å²) in [5.41, 5.74) is 1.70. The van der Waals surface area contributed by atoms with Gasteiger partial charge in [-0.25, -0.2) is 9.78 Å². The molecule has 0 radical (unpaired) electrons. The lowest BCUT2D eigenvalue weighted by atomic mass is 10.2. The van der Waals surface area contributed by atoms with Crippen LogP contribution in [0, 0.1) is 11.3 Å². The number of nitrogens with zero attached hydrogens (tertiary/aromatic N) is 3. The Kier molecular flexibility index (Phi) is 3.96. The molecule has 6 heteroatoms. The fraction of sp³-hybridized carbons (Fsp3) is 0.357. The highest BCUT2D eigenvalue weighted by atomic mass is 35.5. The van der Waals surface area contributed by atoms with Crippen LogP contribution < -0.4 is 0 Å². The average Bonchev–Trinajstić information content (AvgIpc) is 2.84. The van der Waals surface area contributed by atoms with E-state index in [1.807, 2.05) is 6.07 Å². The Morgan fingerprint density at radius 2 is 2.20 bits per heavy atom. The number of nitriles is 1. The molecule has 2 atom stereocenters. The van der Waals surface area contributed by atoms with E-state index >= 15 is 0 Å². The van der Waals surface area contributed by atoms with Crippen LogP contribution in [0.5, 0.6) is 0 Å². The number of para-hydroxylation sites is 1. The number of hydrogen-bond acceptors (Lipinski definition) is 4. The number of fused-ring (bicyclic) bond motifs is 1. The van der Waals surface area contributed by atoms with Gasteiger partial charge in [0.2, 0.25) is 0 Å². The van der Waals surface area contributed by atoms with E-state index in [1.54, 1.807) is 30.5 Å². The molecule has 0 amide bonds. The minimum absolute atomic E-state index is 0.384. The van der Waals surface area contributed by atoms with Gasteiger partial charge >= 0.3 is 5.97 Å². The molecule has 0 bridgehead atoms. The third kappa shape index (κ3) is 2.23. The molecule has 5 nitrogen and oxygen atoms in total. The van der Waals surface area contributed by atoms with Crippen molar-refractivity contribution in [3.63, 3.8) is 0 Å². The van der Waals surface area contributed by atoms with Crippen LogP contribution >= 0.6 is 11.6 Å². The molecule has 1 aromatic heterocycles. The lowest BCUT2D eigenvalue weighted by Gasteiger charge is -2.16. The van der Waals surface area contributed by atoms with Crippen molar-refractivity contribution in [1.82, 2.24) is 9.55 Å². The van der Waals surface area contributed by atoms with Crippen LogP contribution in [0.25, 0.3) is 11.0 Å². The average molecular weight is 292 g/mol. The number of imidazole rings is 1. The quantitative estimate of drug-likeness (QED) is 0.644. The molecule has 0 saturated carbocycles. The van der Waals surface area contributed by atoms with Crippen LogP contribution in [-0.2, 0) is 9.53 Å². The van der Waals surface area contributed by atoms with Crippen LogP contribution in [0.1, 0.15) is 36.7 Å². The topological polar surface area (TPSA) is 67.9 Å². The summed E-state index contributed by atoms with van der Waals surface area (Å²) >= 11 is 6.15. The summed E-state index contributed by atoms with van der Waals surface area (Å²) in [7, 11) is 1.34. The third-order valence-electron chi connectivity index (χ3n) is 3.15. The van der Waals surface area contributed by atoms with E-state index in [1.165, 1.54) is 7.11 Å². The highest BCUT2D eigenvalue weighted by Gasteiger charge is 2.25. The van der Waals surface area contributed by atoms with Crippen molar-refractivity contribution in [2.75, 3.05) is 7.11 Å². The number of carbonyl (C=O) groups excluding carboxylic acids is 1. The van der Waals surface area contributed by atoms with Gasteiger partial charge in [0.05, 0.1) is 23.6 Å². The van der Waals surface area contributed by atoms with Crippen molar-refractivity contribution >= 4 is 28.6 Å². The molecule has 2 aromatic rings. The van der Waals surface area contributed by atoms with Gasteiger partial charge in [0.1, 0.15) is 23.5 Å². The lowest BCUT2D eigenvalue weighted by molar-refractivity contribution is -0.143. The molecule has 0 N–H and O–H groups in total. The minimum Gasteiger partial charge on any atom is -0.467 e. The zero-order valence-electron chi connectivity index (χ0n) is 11.4. The van der Waals surface area contributed by atoms with Crippen molar-refractivity contribution < 1.29 is 9.53 Å². The predicted octanol–water partition coefficient (Wildman–Crippen LogP) is 2.94. The molecule has 104 valence electrons. The highest BCUT2D eigenvalue weighted by molar-refractivity contribution is 6.20. The van der Waals surface area contributed by atoms with Gasteiger partial charge in [-0.15, -0.1) is 11.6 Å². The summed E-state index contributed by atoms with van der Waals surface area (Å²) in [5.74, 6) is 0.160. The van der Waals surface area contributed by atoms with E-state index in [4.69, 9.17) is 21.6 Å². The number of carbonyl (C=O) groups is 1. The standard InChI is InChI=1S/C14H14ClN3O2/c1-8(15)13-17-12-10(7-16)5-4-6-11(12)18(13)9(2)14(19)20-3/h4-6,8-9H,1-3H3. The molecule has 2 unspecified atom stereocenters. The Bertz CT molecular complexity index is 700. The van der Waals surface area contributed by atoms with Gasteiger partial charge in [-0.05, 0) is 26.0 Å². The van der Waals surface area contributed by atoms with E-state index in [2.05, 4.69) is 11.1 Å². The van der Waals surface area contributed by atoms with Gasteiger partial charge in [-0.1, -0.05) is 6.07 Å². The van der Waals surface area contributed by atoms with Crippen molar-refractivity contribution in [3.8, 4) is 6.07 Å². The van der Waals surface area contributed by atoms with Gasteiger partial charge in [-0.2, -0.15) is 5.26 Å². The number of rotatable bonds is 3. The van der Waals surface area contributed by atoms with Crippen LogP contribution in [0.4, 0.5) is 0 Å². The van der Waals surface area contributed by atoms with Crippen LogP contribution in [-0.4, -0.2) is 22.6 Å². The van der Waals surface area contributed by atoms with E-state index in [0.29, 0.717) is 22.4 Å². The highest BCUT2D eigenvalue weighted by Crippen LogP contribution is 2.29. The van der Waals surface area contributed by atoms with Crippen molar-refractivity contribution in [1.29, 1.82) is 5.26 Å². The number of benzene rings is 1. The van der Waals surface area contributed by atoms with Crippen LogP contribution in [0.15, 0.2) is 18.2 Å². The number of esters is 1. The first kappa shape index (κ1) is 14.4. The molecule has 0 saturated heterocycles. The molecule has 0 spiro atoms. The monoisotopic (exact) mass is 291 g/mol. The summed E-state index contributed by atoms with van der Waals surface area (Å²) in [5, 5.41) is 8.76. The molecular formula is C14H14ClN3O2. The first-order chi connectivity index (χ1) is 9.51. The van der Waals surface area contributed by atoms with Crippen LogP contribution in [0.2, 0.25) is 0 Å². The zero-order valence-corrected chi connectivity index (χ0v) is 12.2. The number of aromatic nitrogens is 2. The molecule has 0 aliphatic carbocycles. The Labute approximate surface area is 121 Å². The van der Waals surface area contributed by atoms with E-state index in [9.17, 15) is 4.79 Å². The van der Waals surface area contributed by atoms with Crippen molar-refractivity contribution in [2.45, 2.75) is 25.3 Å². The fourth-order valence-corrected chi connectivity index (χ4v) is 2.34. The lowest BCUT2D eigenvalue weighted by Crippen LogP contribution is -2.20. The summed E-state index contributed by atoms with van der Waals surface area (Å²) in [4.78, 5) is 16.2. The second-order valence-electron chi connectivity index (χ2n) is 4.44. The number of ether oxygens (including phenoxy) is 1. The normalized spacial score (nSPS) is 13.8. The van der Waals surface area contributed by atoms with E-state index in [0.717, 1.165) is 0 Å². The van der Waals surface area contributed by atoms with Gasteiger partial charge in [0.15, 0.2) is 0 Å². The first-order valence-corrected chi connectivity index (χ1v) is 6.57. The van der Waals surface area contributed by atoms with Crippen molar-refractivity contribution in [2.24, 2.45) is 0 Å². The molecule has 0 fully saturated rings. The number of alkyl halides is 1. The number of hydrogen-bond donors (Lipinski definition) is 0. The summed E-state index contributed by atoms with van der Waals surface area (Å²) < 4.78 is 6.50. The molecule has 2 rings (SSSR count). The maximum atomic E-state index is 11.8. The number of halogens is 1. The largest absolute Gasteiger partial charge is 0.467 e. The Hall–Kier alpha value is -2.06. The van der Waals surface area contributed by atoms with E-state index < -0.39 is 6.04 Å². The molecule has 0 aliphatic heterocycles. The SMILES string of the molecule is COC(=O)C(C)n1c(C(C)Cl)nc2c(C#N)cccc21. The molecule has 1 aromatic carbocycles. The first-order valence-electron chi connectivity index (χ1n) is 6.14. The number of methoxy groups -OCH3 is 1. The minimum atomic E-state index is -0.560. The Balaban J connectivity index is 2.77. The van der Waals surface area contributed by atoms with Gasteiger partial charge in [0, 0.05) is 0 Å². The zero-order chi connectivity index (χ0) is 14.9. The maximum absolute atomic E-state index is 11.8. The summed E-state index contributed by atoms with van der Waals surface area (Å²) in [6, 6.07) is 6.79. The molecular weight excluding hydrogens is 278 g/mol. The predicted molar refractivity (Wildman–Crippen MR) is 75.4 cm³/mol. The fourth-order valence-electron chi connectivity index (χ4n) is 2.19. The van der Waals surface area contributed by atoms with Crippen molar-refractivity contribution in [3.05, 3.63) is 29.6 Å². The molecule has 20 heavy (non-hydrogen) atoms. The maximum Gasteiger partial charge on any atom is 0.328 e. The van der Waals surface area contributed by atoms with Gasteiger partial charge in [-0.3, -0.25) is 0 Å². The molecule has 1 heterocycles. The second kappa shape index (κ2) is 5.51. The second-order valence-corrected chi connectivity index (χ2v) is 5.09. The van der Waals surface area contributed by atoms with E-state index in [-0.39, 0.29) is 11.3 Å². The Morgan fingerprint density at radius 1 is 1.50 bits per heavy atom.